The molecule has 2 aromatic rings. The van der Waals surface area contributed by atoms with Gasteiger partial charge in [-0.25, -0.2) is 0 Å². The summed E-state index contributed by atoms with van der Waals surface area (Å²) in [6.07, 6.45) is 0. The van der Waals surface area contributed by atoms with Crippen molar-refractivity contribution in [2.75, 3.05) is 6.54 Å². The van der Waals surface area contributed by atoms with Crippen LogP contribution in [-0.4, -0.2) is 11.5 Å². The van der Waals surface area contributed by atoms with Gasteiger partial charge in [-0.2, -0.15) is 0 Å². The van der Waals surface area contributed by atoms with Crippen molar-refractivity contribution in [1.29, 1.82) is 0 Å². The van der Waals surface area contributed by atoms with Crippen LogP contribution in [0.2, 0.25) is 5.02 Å². The minimum Gasteiger partial charge on any atom is -0.456 e. The normalized spacial score (nSPS) is 10.4. The molecule has 0 aliphatic carbocycles. The van der Waals surface area contributed by atoms with Crippen LogP contribution in [0.3, 0.4) is 0 Å². The van der Waals surface area contributed by atoms with Crippen molar-refractivity contribution in [3.05, 3.63) is 63.2 Å². The zero-order valence-electron chi connectivity index (χ0n) is 11.5. The van der Waals surface area contributed by atoms with Crippen molar-refractivity contribution in [1.82, 2.24) is 5.32 Å². The van der Waals surface area contributed by atoms with Crippen molar-refractivity contribution in [3.8, 4) is 11.5 Å². The summed E-state index contributed by atoms with van der Waals surface area (Å²) < 4.78 is 5.63. The van der Waals surface area contributed by atoms with Crippen LogP contribution in [0.15, 0.2) is 42.5 Å². The molecule has 0 spiro atoms. The first-order valence-corrected chi connectivity index (χ1v) is 6.89. The molecular formula is C15H15ClN2O3. The van der Waals surface area contributed by atoms with Crippen molar-refractivity contribution < 1.29 is 9.66 Å². The Morgan fingerprint density at radius 2 is 1.95 bits per heavy atom. The van der Waals surface area contributed by atoms with Gasteiger partial charge in [0.25, 0.3) is 5.69 Å². The molecule has 0 radical (unpaired) electrons. The van der Waals surface area contributed by atoms with Crippen LogP contribution in [0.1, 0.15) is 12.5 Å². The summed E-state index contributed by atoms with van der Waals surface area (Å²) in [7, 11) is 0. The first-order valence-electron chi connectivity index (χ1n) is 6.51. The van der Waals surface area contributed by atoms with Gasteiger partial charge in [0.05, 0.1) is 9.95 Å². The maximum atomic E-state index is 10.6. The van der Waals surface area contributed by atoms with Gasteiger partial charge in [0.15, 0.2) is 0 Å². The van der Waals surface area contributed by atoms with Crippen molar-refractivity contribution in [2.24, 2.45) is 0 Å². The number of nitro groups is 1. The highest BCUT2D eigenvalue weighted by Crippen LogP contribution is 2.32. The van der Waals surface area contributed by atoms with Gasteiger partial charge in [0.1, 0.15) is 11.5 Å². The van der Waals surface area contributed by atoms with E-state index in [1.54, 1.807) is 0 Å². The van der Waals surface area contributed by atoms with Crippen molar-refractivity contribution in [3.63, 3.8) is 0 Å². The number of nitrogens with one attached hydrogen (secondary N) is 1. The fourth-order valence-electron chi connectivity index (χ4n) is 1.76. The number of ether oxygens (including phenoxy) is 1. The largest absolute Gasteiger partial charge is 0.456 e. The molecule has 0 saturated carbocycles. The van der Waals surface area contributed by atoms with Crippen molar-refractivity contribution in [2.45, 2.75) is 13.5 Å². The molecule has 110 valence electrons. The highest BCUT2D eigenvalue weighted by Gasteiger charge is 2.10. The van der Waals surface area contributed by atoms with Crippen LogP contribution in [0.25, 0.3) is 0 Å². The molecule has 6 heteroatoms. The summed E-state index contributed by atoms with van der Waals surface area (Å²) in [6.45, 7) is 3.76. The van der Waals surface area contributed by atoms with Gasteiger partial charge in [-0.15, -0.1) is 0 Å². The quantitative estimate of drug-likeness (QED) is 0.643. The van der Waals surface area contributed by atoms with Crippen LogP contribution in [0, 0.1) is 10.1 Å². The summed E-state index contributed by atoms with van der Waals surface area (Å²) in [5.41, 5.74) is 1.09. The van der Waals surface area contributed by atoms with Gasteiger partial charge in [0, 0.05) is 18.7 Å². The van der Waals surface area contributed by atoms with Crippen LogP contribution >= 0.6 is 11.6 Å². The summed E-state index contributed by atoms with van der Waals surface area (Å²) in [5, 5.41) is 14.1. The van der Waals surface area contributed by atoms with E-state index in [1.807, 2.05) is 31.2 Å². The van der Waals surface area contributed by atoms with E-state index in [1.165, 1.54) is 18.2 Å². The van der Waals surface area contributed by atoms with Gasteiger partial charge < -0.3 is 10.1 Å². The van der Waals surface area contributed by atoms with E-state index >= 15 is 0 Å². The SMILES string of the molecule is CCNCc1ccc(Oc2ccc([N+](=O)[O-])cc2Cl)cc1. The summed E-state index contributed by atoms with van der Waals surface area (Å²) >= 11 is 5.98. The van der Waals surface area contributed by atoms with E-state index in [0.717, 1.165) is 18.7 Å². The molecule has 0 heterocycles. The van der Waals surface area contributed by atoms with Crippen LogP contribution in [-0.2, 0) is 6.54 Å². The minimum absolute atomic E-state index is 0.0617. The third-order valence-electron chi connectivity index (χ3n) is 2.86. The second-order valence-corrected chi connectivity index (χ2v) is 4.81. The smallest absolute Gasteiger partial charge is 0.271 e. The molecule has 1 N–H and O–H groups in total. The van der Waals surface area contributed by atoms with E-state index < -0.39 is 4.92 Å². The maximum absolute atomic E-state index is 10.6. The van der Waals surface area contributed by atoms with Gasteiger partial charge in [0.2, 0.25) is 0 Å². The Kier molecular flexibility index (Phi) is 5.14. The molecule has 0 fully saturated rings. The van der Waals surface area contributed by atoms with Crippen molar-refractivity contribution >= 4 is 17.3 Å². The maximum Gasteiger partial charge on any atom is 0.271 e. The standard InChI is InChI=1S/C15H15ClN2O3/c1-2-17-10-11-3-6-13(7-4-11)21-15-8-5-12(18(19)20)9-14(15)16/h3-9,17H,2,10H2,1H3. The number of non-ortho nitro benzene ring substituents is 1. The Balaban J connectivity index is 2.09. The monoisotopic (exact) mass is 306 g/mol. The predicted octanol–water partition coefficient (Wildman–Crippen LogP) is 4.15. The van der Waals surface area contributed by atoms with Gasteiger partial charge >= 0.3 is 0 Å². The molecule has 0 bridgehead atoms. The second kappa shape index (κ2) is 7.06. The predicted molar refractivity (Wildman–Crippen MR) is 82.0 cm³/mol. The molecule has 0 amide bonds. The van der Waals surface area contributed by atoms with E-state index in [2.05, 4.69) is 5.32 Å². The van der Waals surface area contributed by atoms with E-state index in [0.29, 0.717) is 11.5 Å². The Labute approximate surface area is 127 Å². The number of nitrogens with zero attached hydrogens (tertiary/aromatic N) is 1. The Bertz CT molecular complexity index is 629. The van der Waals surface area contributed by atoms with Gasteiger partial charge in [-0.05, 0) is 30.3 Å². The number of benzene rings is 2. The second-order valence-electron chi connectivity index (χ2n) is 4.40. The molecule has 0 atom stereocenters. The molecular weight excluding hydrogens is 292 g/mol. The molecule has 0 aliphatic rings. The lowest BCUT2D eigenvalue weighted by atomic mass is 10.2. The molecule has 2 rings (SSSR count). The Hall–Kier alpha value is -2.11. The first kappa shape index (κ1) is 15.3. The number of halogens is 1. The minimum atomic E-state index is -0.495. The average Bonchev–Trinajstić information content (AvgIpc) is 2.48. The summed E-state index contributed by atoms with van der Waals surface area (Å²) in [5.74, 6) is 1.02. The summed E-state index contributed by atoms with van der Waals surface area (Å²) in [6, 6.07) is 11.7. The van der Waals surface area contributed by atoms with E-state index in [9.17, 15) is 10.1 Å². The van der Waals surface area contributed by atoms with Gasteiger partial charge in [-0.1, -0.05) is 30.7 Å². The third-order valence-corrected chi connectivity index (χ3v) is 3.15. The molecule has 21 heavy (non-hydrogen) atoms. The van der Waals surface area contributed by atoms with Crippen LogP contribution in [0.5, 0.6) is 11.5 Å². The molecule has 0 unspecified atom stereocenters. The Morgan fingerprint density at radius 3 is 2.52 bits per heavy atom. The van der Waals surface area contributed by atoms with E-state index in [-0.39, 0.29) is 10.7 Å². The fourth-order valence-corrected chi connectivity index (χ4v) is 1.97. The molecule has 0 aliphatic heterocycles. The molecule has 0 saturated heterocycles. The Morgan fingerprint density at radius 1 is 1.24 bits per heavy atom. The zero-order chi connectivity index (χ0) is 15.2. The lowest BCUT2D eigenvalue weighted by Gasteiger charge is -2.08. The lowest BCUT2D eigenvalue weighted by Crippen LogP contribution is -2.11. The van der Waals surface area contributed by atoms with Crippen LogP contribution < -0.4 is 10.1 Å². The molecule has 5 nitrogen and oxygen atoms in total. The third kappa shape index (κ3) is 4.18. The highest BCUT2D eigenvalue weighted by atomic mass is 35.5. The topological polar surface area (TPSA) is 64.4 Å². The zero-order valence-corrected chi connectivity index (χ0v) is 12.3. The first-order chi connectivity index (χ1) is 10.1. The van der Waals surface area contributed by atoms with Gasteiger partial charge in [-0.3, -0.25) is 10.1 Å². The number of hydrogen-bond acceptors (Lipinski definition) is 4. The fraction of sp³-hybridized carbons (Fsp3) is 0.200. The highest BCUT2D eigenvalue weighted by molar-refractivity contribution is 6.32. The number of nitro benzene ring substituents is 1. The number of hydrogen-bond donors (Lipinski definition) is 1. The molecule has 2 aromatic carbocycles. The van der Waals surface area contributed by atoms with E-state index in [4.69, 9.17) is 16.3 Å². The lowest BCUT2D eigenvalue weighted by molar-refractivity contribution is -0.384. The summed E-state index contributed by atoms with van der Waals surface area (Å²) in [4.78, 5) is 10.2. The van der Waals surface area contributed by atoms with Crippen LogP contribution in [0.4, 0.5) is 5.69 Å². The number of rotatable bonds is 6. The average molecular weight is 307 g/mol. The molecule has 0 aromatic heterocycles.